The van der Waals surface area contributed by atoms with Crippen molar-refractivity contribution < 1.29 is 4.74 Å². The molecule has 0 spiro atoms. The molecule has 28 heavy (non-hydrogen) atoms. The molecule has 4 rings (SSSR count). The Kier molecular flexibility index (Phi) is 5.49. The van der Waals surface area contributed by atoms with E-state index in [9.17, 15) is 4.79 Å². The van der Waals surface area contributed by atoms with Gasteiger partial charge in [-0.25, -0.2) is 9.97 Å². The number of thiophene rings is 1. The average Bonchev–Trinajstić information content (AvgIpc) is 3.32. The Balaban J connectivity index is 1.82. The lowest BCUT2D eigenvalue weighted by molar-refractivity contribution is 0.0937. The van der Waals surface area contributed by atoms with Gasteiger partial charge in [-0.3, -0.25) is 9.36 Å². The smallest absolute Gasteiger partial charge is 0.263 e. The summed E-state index contributed by atoms with van der Waals surface area (Å²) >= 11 is 2.92. The first-order chi connectivity index (χ1) is 13.6. The van der Waals surface area contributed by atoms with Gasteiger partial charge in [-0.15, -0.1) is 11.3 Å². The third-order valence-corrected chi connectivity index (χ3v) is 6.89. The van der Waals surface area contributed by atoms with Gasteiger partial charge in [0.2, 0.25) is 0 Å². The van der Waals surface area contributed by atoms with Gasteiger partial charge in [-0.05, 0) is 55.6 Å². The van der Waals surface area contributed by atoms with Crippen LogP contribution in [0, 0.1) is 18.3 Å². The van der Waals surface area contributed by atoms with E-state index in [1.54, 1.807) is 28.0 Å². The van der Waals surface area contributed by atoms with E-state index in [-0.39, 0.29) is 11.7 Å². The summed E-state index contributed by atoms with van der Waals surface area (Å²) in [6.07, 6.45) is 4.36. The maximum Gasteiger partial charge on any atom is 0.263 e. The molecule has 1 aliphatic rings. The average molecular weight is 413 g/mol. The molecule has 1 atom stereocenters. The van der Waals surface area contributed by atoms with E-state index in [2.05, 4.69) is 18.0 Å². The van der Waals surface area contributed by atoms with Gasteiger partial charge in [0.05, 0.1) is 23.6 Å². The highest BCUT2D eigenvalue weighted by Crippen LogP contribution is 2.32. The molecule has 0 radical (unpaired) electrons. The minimum Gasteiger partial charge on any atom is -0.376 e. The fourth-order valence-electron chi connectivity index (χ4n) is 3.49. The molecule has 1 unspecified atom stereocenters. The molecule has 1 fully saturated rings. The zero-order valence-corrected chi connectivity index (χ0v) is 17.4. The molecule has 8 heteroatoms. The summed E-state index contributed by atoms with van der Waals surface area (Å²) in [5.41, 5.74) is 1.59. The largest absolute Gasteiger partial charge is 0.376 e. The molecule has 0 aliphatic carbocycles. The summed E-state index contributed by atoms with van der Waals surface area (Å²) in [4.78, 5) is 24.5. The first-order valence-corrected chi connectivity index (χ1v) is 10.9. The predicted octanol–water partition coefficient (Wildman–Crippen LogP) is 3.93. The molecule has 4 heterocycles. The van der Waals surface area contributed by atoms with Crippen molar-refractivity contribution in [3.8, 4) is 6.07 Å². The van der Waals surface area contributed by atoms with E-state index in [1.807, 2.05) is 6.92 Å². The molecule has 0 amide bonds. The second kappa shape index (κ2) is 8.03. The maximum atomic E-state index is 13.4. The first kappa shape index (κ1) is 19.1. The predicted molar refractivity (Wildman–Crippen MR) is 110 cm³/mol. The number of pyridine rings is 1. The van der Waals surface area contributed by atoms with Gasteiger partial charge in [0.1, 0.15) is 15.9 Å². The van der Waals surface area contributed by atoms with Gasteiger partial charge in [0.25, 0.3) is 5.56 Å². The molecule has 6 nitrogen and oxygen atoms in total. The normalized spacial score (nSPS) is 16.5. The minimum atomic E-state index is -0.00200. The van der Waals surface area contributed by atoms with E-state index in [0.29, 0.717) is 22.3 Å². The number of ether oxygens (including phenoxy) is 1. The van der Waals surface area contributed by atoms with E-state index >= 15 is 0 Å². The van der Waals surface area contributed by atoms with Crippen molar-refractivity contribution in [2.75, 3.05) is 6.61 Å². The van der Waals surface area contributed by atoms with Gasteiger partial charge >= 0.3 is 0 Å². The quantitative estimate of drug-likeness (QED) is 0.591. The van der Waals surface area contributed by atoms with Crippen molar-refractivity contribution in [3.05, 3.63) is 44.7 Å². The monoisotopic (exact) mass is 412 g/mol. The Morgan fingerprint density at radius 3 is 2.96 bits per heavy atom. The number of nitrogens with zero attached hydrogens (tertiary/aromatic N) is 4. The highest BCUT2D eigenvalue weighted by Gasteiger charge is 2.23. The van der Waals surface area contributed by atoms with Crippen molar-refractivity contribution in [2.45, 2.75) is 55.9 Å². The Morgan fingerprint density at radius 1 is 1.46 bits per heavy atom. The summed E-state index contributed by atoms with van der Waals surface area (Å²) in [6, 6.07) is 5.58. The molecule has 3 aromatic rings. The lowest BCUT2D eigenvalue weighted by Gasteiger charge is -2.15. The van der Waals surface area contributed by atoms with Crippen molar-refractivity contribution >= 4 is 33.3 Å². The number of rotatable bonds is 5. The number of hydrogen-bond donors (Lipinski definition) is 0. The highest BCUT2D eigenvalue weighted by atomic mass is 32.2. The Bertz CT molecular complexity index is 1110. The molecule has 1 aliphatic heterocycles. The van der Waals surface area contributed by atoms with E-state index in [4.69, 9.17) is 15.0 Å². The van der Waals surface area contributed by atoms with Crippen LogP contribution >= 0.6 is 23.1 Å². The van der Waals surface area contributed by atoms with Crippen LogP contribution in [0.3, 0.4) is 0 Å². The topological polar surface area (TPSA) is 80.8 Å². The Hall–Kier alpha value is -2.21. The van der Waals surface area contributed by atoms with Crippen LogP contribution in [-0.2, 0) is 17.7 Å². The second-order valence-electron chi connectivity index (χ2n) is 6.71. The van der Waals surface area contributed by atoms with Crippen LogP contribution in [0.4, 0.5) is 0 Å². The van der Waals surface area contributed by atoms with E-state index < -0.39 is 0 Å². The van der Waals surface area contributed by atoms with Gasteiger partial charge in [-0.1, -0.05) is 6.92 Å². The summed E-state index contributed by atoms with van der Waals surface area (Å²) in [5.74, 6) is 0. The van der Waals surface area contributed by atoms with E-state index in [1.165, 1.54) is 18.0 Å². The van der Waals surface area contributed by atoms with E-state index in [0.717, 1.165) is 46.5 Å². The number of fused-ring (bicyclic) bond motifs is 1. The van der Waals surface area contributed by atoms with Gasteiger partial charge in [0.15, 0.2) is 5.16 Å². The standard InChI is InChI=1S/C20H20N4O2S2/c1-3-15-12(2)27-18-17(15)19(25)24(11-14-5-4-8-26-14)20(23-18)28-16-7-6-13(9-21)10-22-16/h6-7,10,14H,3-5,8,11H2,1-2H3. The van der Waals surface area contributed by atoms with Crippen LogP contribution in [0.5, 0.6) is 0 Å². The molecule has 3 aromatic heterocycles. The van der Waals surface area contributed by atoms with Crippen molar-refractivity contribution in [2.24, 2.45) is 0 Å². The molecule has 1 saturated heterocycles. The lowest BCUT2D eigenvalue weighted by Crippen LogP contribution is -2.28. The highest BCUT2D eigenvalue weighted by molar-refractivity contribution is 7.99. The van der Waals surface area contributed by atoms with Crippen molar-refractivity contribution in [3.63, 3.8) is 0 Å². The molecule has 0 bridgehead atoms. The van der Waals surface area contributed by atoms with Crippen LogP contribution in [-0.4, -0.2) is 27.2 Å². The van der Waals surface area contributed by atoms with Gasteiger partial charge in [0, 0.05) is 17.7 Å². The van der Waals surface area contributed by atoms with Crippen LogP contribution in [0.15, 0.2) is 33.3 Å². The molecule has 0 N–H and O–H groups in total. The Morgan fingerprint density at radius 2 is 2.32 bits per heavy atom. The SMILES string of the molecule is CCc1c(C)sc2nc(Sc3ccc(C#N)cn3)n(CC3CCCO3)c(=O)c12. The fourth-order valence-corrected chi connectivity index (χ4v) is 5.48. The van der Waals surface area contributed by atoms with Crippen LogP contribution in [0.25, 0.3) is 10.2 Å². The van der Waals surface area contributed by atoms with Crippen molar-refractivity contribution in [1.82, 2.24) is 14.5 Å². The fraction of sp³-hybridized carbons (Fsp3) is 0.400. The number of aromatic nitrogens is 3. The Labute approximate surface area is 171 Å². The summed E-state index contributed by atoms with van der Waals surface area (Å²) in [7, 11) is 0. The first-order valence-electron chi connectivity index (χ1n) is 9.29. The summed E-state index contributed by atoms with van der Waals surface area (Å²) in [6.45, 7) is 5.36. The molecule has 0 saturated carbocycles. The van der Waals surface area contributed by atoms with Crippen LogP contribution in [0.1, 0.15) is 35.8 Å². The zero-order valence-electron chi connectivity index (χ0n) is 15.8. The summed E-state index contributed by atoms with van der Waals surface area (Å²) < 4.78 is 7.52. The maximum absolute atomic E-state index is 13.4. The van der Waals surface area contributed by atoms with Gasteiger partial charge < -0.3 is 4.74 Å². The molecular formula is C20H20N4O2S2. The molecule has 0 aromatic carbocycles. The number of hydrogen-bond acceptors (Lipinski definition) is 7. The third-order valence-electron chi connectivity index (χ3n) is 4.90. The molecular weight excluding hydrogens is 392 g/mol. The minimum absolute atomic E-state index is 0.00200. The second-order valence-corrected chi connectivity index (χ2v) is 8.91. The third kappa shape index (κ3) is 3.58. The van der Waals surface area contributed by atoms with Gasteiger partial charge in [-0.2, -0.15) is 5.26 Å². The zero-order chi connectivity index (χ0) is 19.7. The summed E-state index contributed by atoms with van der Waals surface area (Å²) in [5, 5.41) is 11.0. The molecule has 144 valence electrons. The lowest BCUT2D eigenvalue weighted by atomic mass is 10.1. The van der Waals surface area contributed by atoms with Crippen LogP contribution < -0.4 is 5.56 Å². The number of aryl methyl sites for hydroxylation is 2. The van der Waals surface area contributed by atoms with Crippen LogP contribution in [0.2, 0.25) is 0 Å². The van der Waals surface area contributed by atoms with Crippen molar-refractivity contribution in [1.29, 1.82) is 5.26 Å². The number of nitriles is 1.